The quantitative estimate of drug-likeness (QED) is 0.0199. The van der Waals surface area contributed by atoms with E-state index >= 15 is 0 Å². The molecule has 100 heavy (non-hydrogen) atoms. The van der Waals surface area contributed by atoms with Crippen molar-refractivity contribution in [2.45, 2.75) is 407 Å². The number of amides is 2. The molecule has 0 bridgehead atoms. The highest BCUT2D eigenvalue weighted by Crippen LogP contribution is 2.39. The molecule has 3 aliphatic rings. The van der Waals surface area contributed by atoms with Crippen LogP contribution in [0.3, 0.4) is 0 Å². The van der Waals surface area contributed by atoms with E-state index in [0.29, 0.717) is 12.8 Å². The van der Waals surface area contributed by atoms with Crippen molar-refractivity contribution >= 4 is 17.8 Å². The number of aliphatic carboxylic acids is 1. The largest absolute Gasteiger partial charge is 0.477 e. The molecule has 3 rings (SSSR count). The highest BCUT2D eigenvalue weighted by molar-refractivity contribution is 5.77. The first-order chi connectivity index (χ1) is 48.4. The van der Waals surface area contributed by atoms with Gasteiger partial charge in [-0.1, -0.05) is 262 Å². The molecule has 0 aromatic heterocycles. The smallest absolute Gasteiger partial charge is 0.364 e. The Bertz CT molecular complexity index is 2140. The summed E-state index contributed by atoms with van der Waals surface area (Å²) in [4.78, 5) is 38.7. The van der Waals surface area contributed by atoms with Gasteiger partial charge in [-0.05, 0) is 51.4 Å². The summed E-state index contributed by atoms with van der Waals surface area (Å²) in [5, 5.41) is 136. The molecule has 0 saturated carbocycles. The Balaban J connectivity index is 1.53. The molecule has 0 aromatic carbocycles. The summed E-state index contributed by atoms with van der Waals surface area (Å²) in [6, 6.07) is -2.62. The molecular formula is C77H140N2O21. The van der Waals surface area contributed by atoms with Crippen LogP contribution in [0.4, 0.5) is 0 Å². The van der Waals surface area contributed by atoms with Gasteiger partial charge in [0.05, 0.1) is 50.7 Å². The van der Waals surface area contributed by atoms with E-state index in [2.05, 4.69) is 48.8 Å². The number of carbonyl (C=O) groups is 3. The Morgan fingerprint density at radius 2 is 0.970 bits per heavy atom. The van der Waals surface area contributed by atoms with Gasteiger partial charge >= 0.3 is 5.97 Å². The van der Waals surface area contributed by atoms with Crippen molar-refractivity contribution in [3.05, 3.63) is 36.5 Å². The maximum absolute atomic E-state index is 13.5. The number of carboxylic acids is 1. The molecule has 2 amide bonds. The Morgan fingerprint density at radius 3 is 1.41 bits per heavy atom. The lowest BCUT2D eigenvalue weighted by Gasteiger charge is -2.50. The SMILES string of the molecule is CCCCCCCCCCC/C=C\C/C=C\CCCCCCCCCCCCCC(=O)NC(COC1OC(CO)C(OC2OC(CO)C(O)C(OC3(C(=O)O)CC(O)C(NC(C)=O)C(C(O)C(O)CO)O3)C2O)C(O)C1O)C(O)/C=C/CCCCCCCCCCCCCCCCCCC. The predicted molar refractivity (Wildman–Crippen MR) is 384 cm³/mol. The van der Waals surface area contributed by atoms with Gasteiger partial charge in [0.15, 0.2) is 12.6 Å². The van der Waals surface area contributed by atoms with Crippen molar-refractivity contribution in [2.24, 2.45) is 0 Å². The maximum atomic E-state index is 13.5. The molecule has 584 valence electrons. The summed E-state index contributed by atoms with van der Waals surface area (Å²) in [7, 11) is 0. The minimum Gasteiger partial charge on any atom is -0.477 e. The highest BCUT2D eigenvalue weighted by atomic mass is 16.8. The summed E-state index contributed by atoms with van der Waals surface area (Å²) >= 11 is 0. The van der Waals surface area contributed by atoms with Crippen molar-refractivity contribution in [2.75, 3.05) is 26.4 Å². The molecule has 18 atom stereocenters. The van der Waals surface area contributed by atoms with E-state index < -0.39 is 155 Å². The van der Waals surface area contributed by atoms with Crippen molar-refractivity contribution in [1.82, 2.24) is 10.6 Å². The normalized spacial score (nSPS) is 27.1. The van der Waals surface area contributed by atoms with Gasteiger partial charge in [-0.25, -0.2) is 4.79 Å². The second-order valence-corrected chi connectivity index (χ2v) is 28.6. The van der Waals surface area contributed by atoms with Crippen LogP contribution in [0.2, 0.25) is 0 Å². The number of unbranched alkanes of at least 4 members (excludes halogenated alkanes) is 37. The Kier molecular flexibility index (Phi) is 51.3. The van der Waals surface area contributed by atoms with E-state index in [9.17, 15) is 75.7 Å². The Morgan fingerprint density at radius 1 is 0.530 bits per heavy atom. The topological polar surface area (TPSA) is 373 Å². The fraction of sp³-hybridized carbons (Fsp3) is 0.883. The monoisotopic (exact) mass is 1430 g/mol. The number of nitrogens with one attached hydrogen (secondary N) is 2. The van der Waals surface area contributed by atoms with E-state index in [1.54, 1.807) is 6.08 Å². The van der Waals surface area contributed by atoms with Gasteiger partial charge in [0.2, 0.25) is 11.8 Å². The number of carboxylic acid groups (broad SMARTS) is 1. The van der Waals surface area contributed by atoms with Crippen molar-refractivity contribution < 1.29 is 104 Å². The highest BCUT2D eigenvalue weighted by Gasteiger charge is 2.60. The van der Waals surface area contributed by atoms with Crippen LogP contribution in [0.1, 0.15) is 297 Å². The lowest BCUT2D eigenvalue weighted by Crippen LogP contribution is -2.70. The average molecular weight is 1430 g/mol. The molecule has 3 aliphatic heterocycles. The predicted octanol–water partition coefficient (Wildman–Crippen LogP) is 9.74. The van der Waals surface area contributed by atoms with Crippen molar-refractivity contribution in [3.8, 4) is 0 Å². The van der Waals surface area contributed by atoms with E-state index in [1.807, 2.05) is 6.08 Å². The number of carbonyl (C=O) groups excluding carboxylic acids is 2. The standard InChI is InChI=1S/C77H140N2O21/c1-4-6-8-10-12-14-16-18-20-22-24-25-26-27-28-29-30-31-33-35-37-39-41-43-45-47-49-51-64(87)79-58(59(84)50-48-46-44-42-40-38-36-34-32-23-21-19-17-15-13-11-9-7-5-2)56-95-74-69(91)68(90)71(63(55-82)97-74)98-75-70(92)73(67(89)62(54-81)96-75)100-77(76(93)94)52-60(85)65(78-57(3)83)72(99-77)66(88)61(86)53-80/h24-25,27-28,48,50,58-63,65-75,80-82,84-86,88-92H,4-23,26,29-47,49,51-56H2,1-3H3,(H,78,83)(H,79,87)(H,93,94)/b25-24-,28-27-,50-48+. The van der Waals surface area contributed by atoms with Crippen LogP contribution in [-0.4, -0.2) is 215 Å². The van der Waals surface area contributed by atoms with E-state index in [0.717, 1.165) is 64.7 Å². The zero-order valence-electron chi connectivity index (χ0n) is 61.6. The van der Waals surface area contributed by atoms with E-state index in [-0.39, 0.29) is 12.3 Å². The second-order valence-electron chi connectivity index (χ2n) is 28.6. The number of hydrogen-bond donors (Lipinski definition) is 14. The first-order valence-electron chi connectivity index (χ1n) is 39.4. The average Bonchev–Trinajstić information content (AvgIpc) is 0.766. The lowest BCUT2D eigenvalue weighted by molar-refractivity contribution is -0.386. The van der Waals surface area contributed by atoms with Gasteiger partial charge in [-0.2, -0.15) is 0 Å². The maximum Gasteiger partial charge on any atom is 0.364 e. The molecule has 23 nitrogen and oxygen atoms in total. The summed E-state index contributed by atoms with van der Waals surface area (Å²) in [6.45, 7) is 2.17. The Hall–Kier alpha value is -3.05. The molecule has 23 heteroatoms. The molecule has 0 aliphatic carbocycles. The summed E-state index contributed by atoms with van der Waals surface area (Å²) in [5.74, 6) is -6.14. The van der Waals surface area contributed by atoms with Gasteiger partial charge < -0.3 is 100 Å². The Labute approximate surface area is 599 Å². The van der Waals surface area contributed by atoms with Crippen LogP contribution in [0.15, 0.2) is 36.5 Å². The number of ether oxygens (including phenoxy) is 6. The van der Waals surface area contributed by atoms with Crippen LogP contribution >= 0.6 is 0 Å². The fourth-order valence-corrected chi connectivity index (χ4v) is 13.6. The summed E-state index contributed by atoms with van der Waals surface area (Å²) in [6.07, 6.45) is 33.2. The van der Waals surface area contributed by atoms with Crippen LogP contribution in [0.5, 0.6) is 0 Å². The zero-order valence-corrected chi connectivity index (χ0v) is 61.6. The summed E-state index contributed by atoms with van der Waals surface area (Å²) in [5.41, 5.74) is 0. The number of rotatable bonds is 61. The molecule has 0 aromatic rings. The number of allylic oxidation sites excluding steroid dienone is 5. The third-order valence-electron chi connectivity index (χ3n) is 19.8. The molecule has 0 radical (unpaired) electrons. The minimum atomic E-state index is -3.08. The van der Waals surface area contributed by atoms with Gasteiger partial charge in [0.25, 0.3) is 5.79 Å². The van der Waals surface area contributed by atoms with Gasteiger partial charge in [0.1, 0.15) is 67.1 Å². The third-order valence-corrected chi connectivity index (χ3v) is 19.8. The van der Waals surface area contributed by atoms with Gasteiger partial charge in [-0.15, -0.1) is 0 Å². The van der Waals surface area contributed by atoms with Gasteiger partial charge in [-0.3, -0.25) is 9.59 Å². The molecule has 3 fully saturated rings. The third kappa shape index (κ3) is 36.8. The van der Waals surface area contributed by atoms with Crippen LogP contribution in [0, 0.1) is 0 Å². The first kappa shape index (κ1) is 91.2. The summed E-state index contributed by atoms with van der Waals surface area (Å²) < 4.78 is 34.9. The van der Waals surface area contributed by atoms with Crippen molar-refractivity contribution in [1.29, 1.82) is 0 Å². The number of hydrogen-bond acceptors (Lipinski definition) is 20. The molecular weight excluding hydrogens is 1290 g/mol. The molecule has 14 N–H and O–H groups in total. The molecule has 3 saturated heterocycles. The second kappa shape index (κ2) is 56.3. The lowest BCUT2D eigenvalue weighted by atomic mass is 9.88. The van der Waals surface area contributed by atoms with Crippen LogP contribution in [-0.2, 0) is 42.8 Å². The fourth-order valence-electron chi connectivity index (χ4n) is 13.6. The minimum absolute atomic E-state index is 0.198. The van der Waals surface area contributed by atoms with E-state index in [1.165, 1.54) is 193 Å². The molecule has 18 unspecified atom stereocenters. The van der Waals surface area contributed by atoms with Crippen molar-refractivity contribution in [3.63, 3.8) is 0 Å². The number of aliphatic hydroxyl groups excluding tert-OH is 11. The van der Waals surface area contributed by atoms with Gasteiger partial charge in [0, 0.05) is 19.8 Å². The molecule has 0 spiro atoms. The van der Waals surface area contributed by atoms with Crippen LogP contribution < -0.4 is 10.6 Å². The van der Waals surface area contributed by atoms with Crippen LogP contribution in [0.25, 0.3) is 0 Å². The molecule has 3 heterocycles. The number of aliphatic hydroxyl groups is 11. The van der Waals surface area contributed by atoms with E-state index in [4.69, 9.17) is 28.4 Å². The zero-order chi connectivity index (χ0) is 73.2. The first-order valence-corrected chi connectivity index (χ1v) is 39.4.